The number of hydrogen-bond donors (Lipinski definition) is 0. The maximum atomic E-state index is 14.4. The minimum atomic E-state index is -2.17. The molecule has 1 unspecified atom stereocenters. The molecule has 0 saturated heterocycles. The Bertz CT molecular complexity index is 2250. The molecule has 0 N–H and O–H groups in total. The summed E-state index contributed by atoms with van der Waals surface area (Å²) in [5, 5.41) is 4.16. The third-order valence-corrected chi connectivity index (χ3v) is 7.15. The van der Waals surface area contributed by atoms with Gasteiger partial charge in [0, 0.05) is 19.3 Å². The number of halogens is 2. The third-order valence-electron chi connectivity index (χ3n) is 7.15. The fraction of sp³-hybridized carbons (Fsp3) is 0.179. The molecular formula is C39H33F2IrN4O. The molecule has 1 aliphatic heterocycles. The molecule has 3 heterocycles. The minimum Gasteiger partial charge on any atom is -0.683 e. The normalized spacial score (nSPS) is 16.5. The number of rotatable bonds is 4. The molecule has 47 heavy (non-hydrogen) atoms. The summed E-state index contributed by atoms with van der Waals surface area (Å²) in [6.07, 6.45) is 4.53. The van der Waals surface area contributed by atoms with Crippen molar-refractivity contribution in [3.63, 3.8) is 0 Å². The van der Waals surface area contributed by atoms with Crippen LogP contribution >= 0.6 is 0 Å². The van der Waals surface area contributed by atoms with Crippen molar-refractivity contribution in [2.45, 2.75) is 45.9 Å². The summed E-state index contributed by atoms with van der Waals surface area (Å²) in [7, 11) is 0. The Balaban J connectivity index is 0.000000223. The molecule has 0 spiro atoms. The van der Waals surface area contributed by atoms with Gasteiger partial charge in [-0.25, -0.2) is 8.78 Å². The van der Waals surface area contributed by atoms with E-state index in [4.69, 9.17) is 17.6 Å². The number of benzene rings is 4. The van der Waals surface area contributed by atoms with Gasteiger partial charge in [0.2, 0.25) is 17.3 Å². The molecule has 1 atom stereocenters. The van der Waals surface area contributed by atoms with E-state index < -0.39 is 25.3 Å². The third kappa shape index (κ3) is 7.35. The zero-order chi connectivity index (χ0) is 37.4. The first-order valence-electron chi connectivity index (χ1n) is 17.5. The van der Waals surface area contributed by atoms with E-state index in [1.165, 1.54) is 42.6 Å². The Labute approximate surface area is 295 Å². The van der Waals surface area contributed by atoms with Gasteiger partial charge in [0.1, 0.15) is 11.6 Å². The number of fused-ring (bicyclic) bond motifs is 1. The van der Waals surface area contributed by atoms with Crippen LogP contribution in [0.4, 0.5) is 8.78 Å². The summed E-state index contributed by atoms with van der Waals surface area (Å²) < 4.78 is 80.5. The number of oxazole rings is 1. The van der Waals surface area contributed by atoms with Crippen LogP contribution in [-0.2, 0) is 25.5 Å². The summed E-state index contributed by atoms with van der Waals surface area (Å²) in [5.41, 5.74) is 3.48. The van der Waals surface area contributed by atoms with Crippen LogP contribution in [0, 0.1) is 30.6 Å². The van der Waals surface area contributed by atoms with Gasteiger partial charge in [-0.05, 0) is 36.7 Å². The number of imidazole rings is 1. The first-order valence-corrected chi connectivity index (χ1v) is 14.5. The van der Waals surface area contributed by atoms with E-state index in [1.807, 2.05) is 49.6 Å². The van der Waals surface area contributed by atoms with Gasteiger partial charge >= 0.3 is 20.1 Å². The number of aryl methyl sites for hydroxylation is 1. The molecule has 0 aliphatic carbocycles. The molecule has 4 aromatic carbocycles. The fourth-order valence-electron chi connectivity index (χ4n) is 4.87. The number of aromatic nitrogens is 3. The molecule has 2 aromatic heterocycles. The van der Waals surface area contributed by atoms with Gasteiger partial charge in [0.25, 0.3) is 0 Å². The van der Waals surface area contributed by atoms with Crippen LogP contribution in [0.15, 0.2) is 113 Å². The summed E-state index contributed by atoms with van der Waals surface area (Å²) >= 11 is 0. The fourth-order valence-corrected chi connectivity index (χ4v) is 4.87. The molecule has 0 radical (unpaired) electrons. The van der Waals surface area contributed by atoms with Gasteiger partial charge in [0.05, 0.1) is 11.4 Å². The van der Waals surface area contributed by atoms with Crippen molar-refractivity contribution in [1.82, 2.24) is 14.5 Å². The average molecular weight is 810 g/mol. The van der Waals surface area contributed by atoms with Gasteiger partial charge in [-0.3, -0.25) is 4.98 Å². The molecule has 7 rings (SSSR count). The van der Waals surface area contributed by atoms with Crippen LogP contribution in [0.3, 0.4) is 0 Å². The largest absolute Gasteiger partial charge is 3.00 e. The first kappa shape index (κ1) is 26.4. The summed E-state index contributed by atoms with van der Waals surface area (Å²) in [6.45, 7) is 1.71. The van der Waals surface area contributed by atoms with Crippen LogP contribution in [-0.4, -0.2) is 14.5 Å². The van der Waals surface area contributed by atoms with E-state index in [2.05, 4.69) is 22.4 Å². The number of allylic oxidation sites excluding steroid dienone is 2. The average Bonchev–Trinajstić information content (AvgIpc) is 3.68. The molecule has 0 bridgehead atoms. The smallest absolute Gasteiger partial charge is 0.683 e. The van der Waals surface area contributed by atoms with Crippen molar-refractivity contribution in [3.05, 3.63) is 155 Å². The molecule has 8 heteroatoms. The summed E-state index contributed by atoms with van der Waals surface area (Å²) in [5.74, 6) is -0.101. The molecule has 6 aromatic rings. The Morgan fingerprint density at radius 2 is 1.74 bits per heavy atom. The van der Waals surface area contributed by atoms with Crippen molar-refractivity contribution in [1.29, 1.82) is 0 Å². The van der Waals surface area contributed by atoms with E-state index in [0.29, 0.717) is 39.9 Å². The molecule has 238 valence electrons. The standard InChI is InChI=1S/C26H20F2N3O.C13H13N.Ir/c1-26(2,3)25-30-22-24(32-25)31(23(29-22)16-9-5-4-6-10-16)18-12-7-11-17(15-18)21-19(27)13-8-14-20(21)28;1-10-3-6-12(7-4-10)13-8-5-11(2)9-14-13;/h4-9,11-15H,1-3H3;3-6,8-9,13H,1-2H3;/q-1;-2;+3/i;1D3,2D3;. The number of nitrogens with zero attached hydrogens (tertiary/aromatic N) is 4. The van der Waals surface area contributed by atoms with Crippen LogP contribution in [0.2, 0.25) is 0 Å². The van der Waals surface area contributed by atoms with E-state index in [-0.39, 0.29) is 48.3 Å². The Hall–Kier alpha value is -4.65. The van der Waals surface area contributed by atoms with Crippen LogP contribution in [0.5, 0.6) is 0 Å². The number of hydrogen-bond acceptors (Lipinski definition) is 3. The van der Waals surface area contributed by atoms with Crippen LogP contribution in [0.25, 0.3) is 44.9 Å². The van der Waals surface area contributed by atoms with Crippen molar-refractivity contribution < 1.29 is 41.5 Å². The summed E-state index contributed by atoms with van der Waals surface area (Å²) in [6, 6.07) is 28.6. The zero-order valence-electron chi connectivity index (χ0n) is 31.7. The van der Waals surface area contributed by atoms with E-state index in [1.54, 1.807) is 36.4 Å². The second kappa shape index (κ2) is 14.0. The van der Waals surface area contributed by atoms with Gasteiger partial charge < -0.3 is 14.3 Å². The van der Waals surface area contributed by atoms with E-state index >= 15 is 0 Å². The summed E-state index contributed by atoms with van der Waals surface area (Å²) in [4.78, 5) is 9.30. The SMILES string of the molecule is CC(C)(C)c1nc2nc(-c3[c-]cccc3)n(-c3cccc(-c4c(F)cccc4F)c3)c2o1.[2H]C([2H])([2H])C1=C[N-]C(c2[c-]cc(C([2H])([2H])[2H])cc2)C=C1.[Ir+3]. The van der Waals surface area contributed by atoms with Crippen molar-refractivity contribution >= 4 is 11.4 Å². The maximum absolute atomic E-state index is 14.4. The Morgan fingerprint density at radius 1 is 0.936 bits per heavy atom. The quantitative estimate of drug-likeness (QED) is 0.167. The second-order valence-corrected chi connectivity index (χ2v) is 11.7. The van der Waals surface area contributed by atoms with Crippen molar-refractivity contribution in [3.8, 4) is 28.2 Å². The topological polar surface area (TPSA) is 58.0 Å². The molecule has 5 nitrogen and oxygen atoms in total. The molecule has 0 amide bonds. The molecule has 0 fully saturated rings. The van der Waals surface area contributed by atoms with Gasteiger partial charge in [-0.15, -0.1) is 35.9 Å². The second-order valence-electron chi connectivity index (χ2n) is 11.7. The minimum absolute atomic E-state index is 0. The van der Waals surface area contributed by atoms with Crippen molar-refractivity contribution in [2.24, 2.45) is 0 Å². The molecular weight excluding hydrogens is 771 g/mol. The Morgan fingerprint density at radius 3 is 2.38 bits per heavy atom. The van der Waals surface area contributed by atoms with Crippen molar-refractivity contribution in [2.75, 3.05) is 0 Å². The zero-order valence-corrected chi connectivity index (χ0v) is 28.1. The molecule has 0 saturated carbocycles. The van der Waals surface area contributed by atoms with Gasteiger partial charge in [0.15, 0.2) is 0 Å². The predicted molar refractivity (Wildman–Crippen MR) is 178 cm³/mol. The van der Waals surface area contributed by atoms with E-state index in [0.717, 1.165) is 5.56 Å². The predicted octanol–water partition coefficient (Wildman–Crippen LogP) is 10.4. The van der Waals surface area contributed by atoms with Crippen LogP contribution < -0.4 is 0 Å². The van der Waals surface area contributed by atoms with E-state index in [9.17, 15) is 8.78 Å². The van der Waals surface area contributed by atoms with Crippen LogP contribution in [0.1, 0.15) is 58.9 Å². The maximum Gasteiger partial charge on any atom is 3.00 e. The molecule has 1 aliphatic rings. The monoisotopic (exact) mass is 810 g/mol. The van der Waals surface area contributed by atoms with Gasteiger partial charge in [-0.2, -0.15) is 46.6 Å². The first-order chi connectivity index (χ1) is 24.5. The van der Waals surface area contributed by atoms with Gasteiger partial charge in [-0.1, -0.05) is 69.6 Å². The Kier molecular flexibility index (Phi) is 7.87.